The maximum absolute atomic E-state index is 12.0. The van der Waals surface area contributed by atoms with Gasteiger partial charge >= 0.3 is 0 Å². The number of rotatable bonds is 6. The molecule has 1 heterocycles. The van der Waals surface area contributed by atoms with Gasteiger partial charge < -0.3 is 9.80 Å². The highest BCUT2D eigenvalue weighted by Crippen LogP contribution is 2.09. The highest BCUT2D eigenvalue weighted by atomic mass is 16.2. The number of nitrogens with zero attached hydrogens (tertiary/aromatic N) is 2. The van der Waals surface area contributed by atoms with E-state index < -0.39 is 0 Å². The lowest BCUT2D eigenvalue weighted by Gasteiger charge is -2.32. The minimum Gasteiger partial charge on any atom is -0.342 e. The van der Waals surface area contributed by atoms with Crippen molar-refractivity contribution in [1.29, 1.82) is 0 Å². The number of aryl methyl sites for hydroxylation is 1. The molecule has 4 nitrogen and oxygen atoms in total. The molecule has 1 aromatic carbocycles. The summed E-state index contributed by atoms with van der Waals surface area (Å²) in [6.07, 6.45) is 4.49. The highest BCUT2D eigenvalue weighted by molar-refractivity contribution is 5.76. The summed E-state index contributed by atoms with van der Waals surface area (Å²) < 4.78 is 0. The average molecular weight is 274 g/mol. The van der Waals surface area contributed by atoms with Crippen LogP contribution in [0.3, 0.4) is 0 Å². The van der Waals surface area contributed by atoms with Gasteiger partial charge in [-0.1, -0.05) is 30.3 Å². The molecule has 0 unspecified atom stereocenters. The van der Waals surface area contributed by atoms with Crippen molar-refractivity contribution in [2.45, 2.75) is 25.7 Å². The fourth-order valence-corrected chi connectivity index (χ4v) is 2.48. The molecule has 0 N–H and O–H groups in total. The standard InChI is InChI=1S/C16H22N2O2/c19-14-17-10-12-18(13-11-17)16(20)9-5-4-8-15-6-2-1-3-7-15/h1-3,6-7,14H,4-5,8-13H2. The van der Waals surface area contributed by atoms with E-state index in [4.69, 9.17) is 0 Å². The van der Waals surface area contributed by atoms with E-state index in [-0.39, 0.29) is 5.91 Å². The molecule has 1 aromatic rings. The molecule has 1 saturated heterocycles. The van der Waals surface area contributed by atoms with Crippen molar-refractivity contribution >= 4 is 12.3 Å². The van der Waals surface area contributed by atoms with Gasteiger partial charge in [0.15, 0.2) is 0 Å². The van der Waals surface area contributed by atoms with Gasteiger partial charge in [0.05, 0.1) is 0 Å². The van der Waals surface area contributed by atoms with E-state index >= 15 is 0 Å². The van der Waals surface area contributed by atoms with E-state index in [1.165, 1.54) is 5.56 Å². The molecule has 4 heteroatoms. The molecule has 0 saturated carbocycles. The van der Waals surface area contributed by atoms with E-state index in [9.17, 15) is 9.59 Å². The molecule has 0 atom stereocenters. The summed E-state index contributed by atoms with van der Waals surface area (Å²) in [5.41, 5.74) is 1.33. The first-order chi connectivity index (χ1) is 9.79. The average Bonchev–Trinajstić information content (AvgIpc) is 2.52. The lowest BCUT2D eigenvalue weighted by atomic mass is 10.1. The predicted molar refractivity (Wildman–Crippen MR) is 78.2 cm³/mol. The summed E-state index contributed by atoms with van der Waals surface area (Å²) in [7, 11) is 0. The van der Waals surface area contributed by atoms with Crippen LogP contribution in [0.4, 0.5) is 0 Å². The lowest BCUT2D eigenvalue weighted by molar-refractivity contribution is -0.135. The Hall–Kier alpha value is -1.84. The van der Waals surface area contributed by atoms with Crippen molar-refractivity contribution in [3.05, 3.63) is 35.9 Å². The van der Waals surface area contributed by atoms with Crippen LogP contribution in [-0.2, 0) is 16.0 Å². The molecular formula is C16H22N2O2. The molecule has 0 spiro atoms. The van der Waals surface area contributed by atoms with Gasteiger partial charge in [-0.3, -0.25) is 9.59 Å². The number of benzene rings is 1. The number of amides is 2. The molecule has 2 amide bonds. The van der Waals surface area contributed by atoms with Crippen LogP contribution >= 0.6 is 0 Å². The Morgan fingerprint density at radius 2 is 1.75 bits per heavy atom. The summed E-state index contributed by atoms with van der Waals surface area (Å²) in [5.74, 6) is 0.226. The van der Waals surface area contributed by atoms with Gasteiger partial charge in [0.25, 0.3) is 0 Å². The van der Waals surface area contributed by atoms with Crippen LogP contribution in [0.1, 0.15) is 24.8 Å². The number of carbonyl (C=O) groups is 2. The Morgan fingerprint density at radius 1 is 1.05 bits per heavy atom. The molecule has 1 aliphatic heterocycles. The first kappa shape index (κ1) is 14.6. The van der Waals surface area contributed by atoms with Crippen LogP contribution in [0.15, 0.2) is 30.3 Å². The minimum atomic E-state index is 0.226. The first-order valence-electron chi connectivity index (χ1n) is 7.30. The third-order valence-electron chi connectivity index (χ3n) is 3.76. The lowest BCUT2D eigenvalue weighted by Crippen LogP contribution is -2.48. The number of hydrogen-bond donors (Lipinski definition) is 0. The quantitative estimate of drug-likeness (QED) is 0.585. The fraction of sp³-hybridized carbons (Fsp3) is 0.500. The Kier molecular flexibility index (Phi) is 5.59. The molecule has 0 radical (unpaired) electrons. The van der Waals surface area contributed by atoms with Crippen LogP contribution in [-0.4, -0.2) is 48.3 Å². The van der Waals surface area contributed by atoms with Crippen molar-refractivity contribution < 1.29 is 9.59 Å². The van der Waals surface area contributed by atoms with Crippen LogP contribution in [0.25, 0.3) is 0 Å². The Bertz CT molecular complexity index is 425. The molecule has 2 rings (SSSR count). The maximum atomic E-state index is 12.0. The van der Waals surface area contributed by atoms with E-state index in [0.717, 1.165) is 25.7 Å². The second kappa shape index (κ2) is 7.68. The third kappa shape index (κ3) is 4.37. The van der Waals surface area contributed by atoms with Crippen molar-refractivity contribution in [3.63, 3.8) is 0 Å². The molecule has 0 aliphatic carbocycles. The molecule has 1 aliphatic rings. The zero-order chi connectivity index (χ0) is 14.2. The maximum Gasteiger partial charge on any atom is 0.222 e. The van der Waals surface area contributed by atoms with Crippen molar-refractivity contribution in [1.82, 2.24) is 9.80 Å². The third-order valence-corrected chi connectivity index (χ3v) is 3.76. The zero-order valence-electron chi connectivity index (χ0n) is 11.8. The Labute approximate surface area is 120 Å². The summed E-state index contributed by atoms with van der Waals surface area (Å²) >= 11 is 0. The van der Waals surface area contributed by atoms with E-state index in [0.29, 0.717) is 32.6 Å². The van der Waals surface area contributed by atoms with Gasteiger partial charge in [0, 0.05) is 32.6 Å². The largest absolute Gasteiger partial charge is 0.342 e. The Balaban J connectivity index is 1.62. The van der Waals surface area contributed by atoms with Gasteiger partial charge in [-0.2, -0.15) is 0 Å². The molecular weight excluding hydrogens is 252 g/mol. The van der Waals surface area contributed by atoms with Crippen LogP contribution < -0.4 is 0 Å². The smallest absolute Gasteiger partial charge is 0.222 e. The minimum absolute atomic E-state index is 0.226. The summed E-state index contributed by atoms with van der Waals surface area (Å²) in [6.45, 7) is 2.69. The second-order valence-corrected chi connectivity index (χ2v) is 5.21. The predicted octanol–water partition coefficient (Wildman–Crippen LogP) is 1.70. The highest BCUT2D eigenvalue weighted by Gasteiger charge is 2.19. The SMILES string of the molecule is O=CN1CCN(C(=O)CCCCc2ccccc2)CC1. The summed E-state index contributed by atoms with van der Waals surface area (Å²) in [5, 5.41) is 0. The van der Waals surface area contributed by atoms with Crippen molar-refractivity contribution in [2.24, 2.45) is 0 Å². The van der Waals surface area contributed by atoms with Gasteiger partial charge in [-0.05, 0) is 24.8 Å². The van der Waals surface area contributed by atoms with Gasteiger partial charge in [-0.15, -0.1) is 0 Å². The molecule has 108 valence electrons. The van der Waals surface area contributed by atoms with Crippen molar-refractivity contribution in [2.75, 3.05) is 26.2 Å². The monoisotopic (exact) mass is 274 g/mol. The molecule has 1 fully saturated rings. The zero-order valence-corrected chi connectivity index (χ0v) is 11.8. The van der Waals surface area contributed by atoms with Crippen LogP contribution in [0.2, 0.25) is 0 Å². The molecule has 0 bridgehead atoms. The van der Waals surface area contributed by atoms with E-state index in [1.807, 2.05) is 23.1 Å². The molecule has 0 aromatic heterocycles. The second-order valence-electron chi connectivity index (χ2n) is 5.21. The van der Waals surface area contributed by atoms with Gasteiger partial charge in [0.1, 0.15) is 0 Å². The molecule has 20 heavy (non-hydrogen) atoms. The topological polar surface area (TPSA) is 40.6 Å². The first-order valence-corrected chi connectivity index (χ1v) is 7.30. The fourth-order valence-electron chi connectivity index (χ4n) is 2.48. The normalized spacial score (nSPS) is 15.2. The van der Waals surface area contributed by atoms with Gasteiger partial charge in [-0.25, -0.2) is 0 Å². The number of piperazine rings is 1. The van der Waals surface area contributed by atoms with Crippen LogP contribution in [0, 0.1) is 0 Å². The number of carbonyl (C=O) groups excluding carboxylic acids is 2. The van der Waals surface area contributed by atoms with Gasteiger partial charge in [0.2, 0.25) is 12.3 Å². The van der Waals surface area contributed by atoms with Crippen molar-refractivity contribution in [3.8, 4) is 0 Å². The van der Waals surface area contributed by atoms with E-state index in [1.54, 1.807) is 4.90 Å². The number of unbranched alkanes of at least 4 members (excludes halogenated alkanes) is 1. The Morgan fingerprint density at radius 3 is 2.40 bits per heavy atom. The van der Waals surface area contributed by atoms with E-state index in [2.05, 4.69) is 12.1 Å². The number of hydrogen-bond acceptors (Lipinski definition) is 2. The summed E-state index contributed by atoms with van der Waals surface area (Å²) in [4.78, 5) is 26.2. The van der Waals surface area contributed by atoms with Crippen LogP contribution in [0.5, 0.6) is 0 Å². The summed E-state index contributed by atoms with van der Waals surface area (Å²) in [6, 6.07) is 10.4.